The van der Waals surface area contributed by atoms with Crippen molar-refractivity contribution in [1.29, 1.82) is 0 Å². The lowest BCUT2D eigenvalue weighted by atomic mass is 10.3. The Kier molecular flexibility index (Phi) is 5.62. The molecular formula is C11H16ClNO2S2. The molecule has 1 atom stereocenters. The third kappa shape index (κ3) is 5.19. The Morgan fingerprint density at radius 3 is 2.41 bits per heavy atom. The molecule has 6 heteroatoms. The highest BCUT2D eigenvalue weighted by atomic mass is 35.5. The minimum Gasteiger partial charge on any atom is -0.282 e. The lowest BCUT2D eigenvalue weighted by Crippen LogP contribution is -2.21. The number of thioether (sulfide) groups is 1. The SMILES string of the molecule is CC(C)CSC(Cl)S(=O)(=O)Nc1ccccc1. The zero-order chi connectivity index (χ0) is 12.9. The van der Waals surface area contributed by atoms with Crippen LogP contribution >= 0.6 is 23.4 Å². The molecule has 0 spiro atoms. The predicted molar refractivity (Wildman–Crippen MR) is 75.9 cm³/mol. The van der Waals surface area contributed by atoms with Gasteiger partial charge < -0.3 is 0 Å². The van der Waals surface area contributed by atoms with E-state index in [0.29, 0.717) is 17.4 Å². The highest BCUT2D eigenvalue weighted by Crippen LogP contribution is 2.25. The molecule has 0 heterocycles. The van der Waals surface area contributed by atoms with Crippen LogP contribution in [-0.4, -0.2) is 18.2 Å². The Hall–Kier alpha value is -0.390. The third-order valence-electron chi connectivity index (χ3n) is 1.84. The quantitative estimate of drug-likeness (QED) is 0.818. The molecular weight excluding hydrogens is 278 g/mol. The second-order valence-corrected chi connectivity index (χ2v) is 8.17. The lowest BCUT2D eigenvalue weighted by molar-refractivity contribution is 0.604. The molecule has 1 aromatic carbocycles. The average Bonchev–Trinajstić information content (AvgIpc) is 2.26. The Balaban J connectivity index is 2.62. The van der Waals surface area contributed by atoms with Crippen molar-refractivity contribution in [1.82, 2.24) is 0 Å². The molecule has 0 saturated heterocycles. The Bertz CT molecular complexity index is 434. The standard InChI is InChI=1S/C11H16ClNO2S2/c1-9(2)8-16-11(12)17(14,15)13-10-6-4-3-5-7-10/h3-7,9,11,13H,8H2,1-2H3. The second-order valence-electron chi connectivity index (χ2n) is 4.01. The van der Waals surface area contributed by atoms with E-state index in [0.717, 1.165) is 0 Å². The molecule has 1 rings (SSSR count). The fraction of sp³-hybridized carbons (Fsp3) is 0.455. The summed E-state index contributed by atoms with van der Waals surface area (Å²) in [6.07, 6.45) is 0. The molecule has 0 saturated carbocycles. The summed E-state index contributed by atoms with van der Waals surface area (Å²) in [5.41, 5.74) is 0.531. The summed E-state index contributed by atoms with van der Waals surface area (Å²) in [6, 6.07) is 8.73. The van der Waals surface area contributed by atoms with Crippen LogP contribution in [-0.2, 0) is 10.0 Å². The number of hydrogen-bond acceptors (Lipinski definition) is 3. The van der Waals surface area contributed by atoms with Gasteiger partial charge >= 0.3 is 0 Å². The van der Waals surface area contributed by atoms with Gasteiger partial charge in [0, 0.05) is 5.69 Å². The lowest BCUT2D eigenvalue weighted by Gasteiger charge is -2.13. The largest absolute Gasteiger partial charge is 0.282 e. The van der Waals surface area contributed by atoms with E-state index in [-0.39, 0.29) is 0 Å². The van der Waals surface area contributed by atoms with E-state index in [4.69, 9.17) is 11.6 Å². The van der Waals surface area contributed by atoms with Gasteiger partial charge in [0.1, 0.15) is 0 Å². The monoisotopic (exact) mass is 293 g/mol. The number of halogens is 1. The number of alkyl halides is 1. The van der Waals surface area contributed by atoms with E-state index in [1.165, 1.54) is 11.8 Å². The normalized spacial score (nSPS) is 13.6. The van der Waals surface area contributed by atoms with Crippen molar-refractivity contribution >= 4 is 39.1 Å². The predicted octanol–water partition coefficient (Wildman–Crippen LogP) is 3.34. The number of benzene rings is 1. The fourth-order valence-electron chi connectivity index (χ4n) is 1.07. The van der Waals surface area contributed by atoms with Gasteiger partial charge in [0.25, 0.3) is 10.0 Å². The van der Waals surface area contributed by atoms with Gasteiger partial charge in [-0.2, -0.15) is 0 Å². The van der Waals surface area contributed by atoms with Crippen LogP contribution in [0, 0.1) is 5.92 Å². The third-order valence-corrected chi connectivity index (χ3v) is 6.22. The van der Waals surface area contributed by atoms with Gasteiger partial charge in [-0.1, -0.05) is 43.6 Å². The van der Waals surface area contributed by atoms with Crippen LogP contribution in [0.5, 0.6) is 0 Å². The molecule has 0 amide bonds. The van der Waals surface area contributed by atoms with Crippen molar-refractivity contribution < 1.29 is 8.42 Å². The number of nitrogens with one attached hydrogen (secondary N) is 1. The molecule has 1 N–H and O–H groups in total. The van der Waals surface area contributed by atoms with Crippen molar-refractivity contribution in [2.24, 2.45) is 5.92 Å². The summed E-state index contributed by atoms with van der Waals surface area (Å²) >= 11 is 7.10. The molecule has 0 aliphatic heterocycles. The van der Waals surface area contributed by atoms with Gasteiger partial charge in [-0.3, -0.25) is 4.72 Å². The molecule has 0 radical (unpaired) electrons. The summed E-state index contributed by atoms with van der Waals surface area (Å²) in [4.78, 5) is 0. The minimum absolute atomic E-state index is 0.410. The topological polar surface area (TPSA) is 46.2 Å². The van der Waals surface area contributed by atoms with Crippen LogP contribution in [0.2, 0.25) is 0 Å². The van der Waals surface area contributed by atoms with E-state index >= 15 is 0 Å². The maximum Gasteiger partial charge on any atom is 0.259 e. The van der Waals surface area contributed by atoms with Gasteiger partial charge in [0.15, 0.2) is 4.04 Å². The van der Waals surface area contributed by atoms with E-state index in [1.54, 1.807) is 24.3 Å². The van der Waals surface area contributed by atoms with Crippen LogP contribution in [0.4, 0.5) is 5.69 Å². The zero-order valence-electron chi connectivity index (χ0n) is 9.76. The van der Waals surface area contributed by atoms with E-state index < -0.39 is 14.1 Å². The number of rotatable bonds is 6. The van der Waals surface area contributed by atoms with E-state index in [9.17, 15) is 8.42 Å². The van der Waals surface area contributed by atoms with Crippen molar-refractivity contribution in [3.63, 3.8) is 0 Å². The molecule has 0 aliphatic carbocycles. The fourth-order valence-corrected chi connectivity index (χ4v) is 3.62. The Labute approximate surface area is 112 Å². The zero-order valence-corrected chi connectivity index (χ0v) is 12.1. The summed E-state index contributed by atoms with van der Waals surface area (Å²) in [7, 11) is -3.53. The summed E-state index contributed by atoms with van der Waals surface area (Å²) in [6.45, 7) is 4.04. The number of sulfonamides is 1. The van der Waals surface area contributed by atoms with Crippen LogP contribution in [0.25, 0.3) is 0 Å². The first-order valence-corrected chi connectivity index (χ1v) is 8.27. The van der Waals surface area contributed by atoms with E-state index in [2.05, 4.69) is 4.72 Å². The smallest absolute Gasteiger partial charge is 0.259 e. The maximum absolute atomic E-state index is 11.8. The summed E-state index contributed by atoms with van der Waals surface area (Å²) in [5.74, 6) is 1.12. The van der Waals surface area contributed by atoms with Gasteiger partial charge in [-0.15, -0.1) is 11.8 Å². The molecule has 1 aromatic rings. The van der Waals surface area contributed by atoms with Gasteiger partial charge in [-0.25, -0.2) is 8.42 Å². The van der Waals surface area contributed by atoms with Crippen LogP contribution in [0.1, 0.15) is 13.8 Å². The molecule has 3 nitrogen and oxygen atoms in total. The Morgan fingerprint density at radius 1 is 1.29 bits per heavy atom. The number of hydrogen-bond donors (Lipinski definition) is 1. The molecule has 0 aliphatic rings. The van der Waals surface area contributed by atoms with Crippen LogP contribution in [0.3, 0.4) is 0 Å². The first kappa shape index (κ1) is 14.7. The van der Waals surface area contributed by atoms with Crippen molar-refractivity contribution in [3.8, 4) is 0 Å². The minimum atomic E-state index is -3.53. The summed E-state index contributed by atoms with van der Waals surface area (Å²) < 4.78 is 25.2. The van der Waals surface area contributed by atoms with E-state index in [1.807, 2.05) is 19.9 Å². The first-order chi connectivity index (χ1) is 7.92. The van der Waals surface area contributed by atoms with Crippen molar-refractivity contribution in [2.75, 3.05) is 10.5 Å². The molecule has 96 valence electrons. The maximum atomic E-state index is 11.8. The van der Waals surface area contributed by atoms with Gasteiger partial charge in [0.05, 0.1) is 0 Å². The summed E-state index contributed by atoms with van der Waals surface area (Å²) in [5, 5.41) is 0. The van der Waals surface area contributed by atoms with Crippen molar-refractivity contribution in [2.45, 2.75) is 17.9 Å². The van der Waals surface area contributed by atoms with Crippen LogP contribution < -0.4 is 4.72 Å². The number of anilines is 1. The first-order valence-electron chi connectivity index (χ1n) is 5.24. The Morgan fingerprint density at radius 2 is 1.88 bits per heavy atom. The molecule has 17 heavy (non-hydrogen) atoms. The van der Waals surface area contributed by atoms with Crippen molar-refractivity contribution in [3.05, 3.63) is 30.3 Å². The highest BCUT2D eigenvalue weighted by Gasteiger charge is 2.23. The highest BCUT2D eigenvalue weighted by molar-refractivity contribution is 8.15. The van der Waals surface area contributed by atoms with Gasteiger partial charge in [0.2, 0.25) is 0 Å². The molecule has 0 fully saturated rings. The van der Waals surface area contributed by atoms with Crippen LogP contribution in [0.15, 0.2) is 30.3 Å². The number of para-hydroxylation sites is 1. The molecule has 0 bridgehead atoms. The second kappa shape index (κ2) is 6.52. The molecule has 0 aromatic heterocycles. The van der Waals surface area contributed by atoms with Gasteiger partial charge in [-0.05, 0) is 23.8 Å². The molecule has 1 unspecified atom stereocenters. The average molecular weight is 294 g/mol.